The molecule has 2 aromatic rings. The largest absolute Gasteiger partial charge is 0.348 e. The number of aromatic nitrogens is 3. The molecular formula is C18H24N4O. The first-order chi connectivity index (χ1) is 11.0. The van der Waals surface area contributed by atoms with Gasteiger partial charge in [-0.15, -0.1) is 0 Å². The highest BCUT2D eigenvalue weighted by molar-refractivity contribution is 5.93. The Morgan fingerprint density at radius 1 is 1.39 bits per heavy atom. The summed E-state index contributed by atoms with van der Waals surface area (Å²) < 4.78 is 1.67. The van der Waals surface area contributed by atoms with Gasteiger partial charge in [0.25, 0.3) is 5.91 Å². The number of aryl methyl sites for hydroxylation is 2. The molecule has 1 atom stereocenters. The maximum absolute atomic E-state index is 12.6. The first kappa shape index (κ1) is 14.7. The lowest BCUT2D eigenvalue weighted by molar-refractivity contribution is -0.0366. The monoisotopic (exact) mass is 312 g/mol. The quantitative estimate of drug-likeness (QED) is 0.947. The highest BCUT2D eigenvalue weighted by Gasteiger charge is 2.49. The highest BCUT2D eigenvalue weighted by atomic mass is 16.2. The van der Waals surface area contributed by atoms with Gasteiger partial charge in [0.05, 0.1) is 11.9 Å². The van der Waals surface area contributed by atoms with Crippen LogP contribution in [0.4, 0.5) is 0 Å². The number of nitrogens with one attached hydrogen (secondary N) is 1. The van der Waals surface area contributed by atoms with Crippen molar-refractivity contribution in [1.82, 2.24) is 19.9 Å². The minimum absolute atomic E-state index is 0.0722. The Morgan fingerprint density at radius 3 is 2.78 bits per heavy atom. The predicted molar refractivity (Wildman–Crippen MR) is 88.4 cm³/mol. The average molecular weight is 312 g/mol. The number of carbonyl (C=O) groups is 1. The van der Waals surface area contributed by atoms with Crippen LogP contribution >= 0.6 is 0 Å². The Morgan fingerprint density at radius 2 is 2.13 bits per heavy atom. The summed E-state index contributed by atoms with van der Waals surface area (Å²) in [5.41, 5.74) is 3.85. The molecule has 0 saturated heterocycles. The summed E-state index contributed by atoms with van der Waals surface area (Å²) >= 11 is 0. The number of rotatable bonds is 3. The van der Waals surface area contributed by atoms with Gasteiger partial charge < -0.3 is 5.32 Å². The van der Waals surface area contributed by atoms with Crippen molar-refractivity contribution in [2.45, 2.75) is 58.9 Å². The lowest BCUT2D eigenvalue weighted by Gasteiger charge is -2.56. The van der Waals surface area contributed by atoms with Crippen LogP contribution in [-0.2, 0) is 0 Å². The third-order valence-electron chi connectivity index (χ3n) is 5.88. The Kier molecular flexibility index (Phi) is 3.22. The summed E-state index contributed by atoms with van der Waals surface area (Å²) in [5.74, 6) is 0.548. The fourth-order valence-electron chi connectivity index (χ4n) is 4.32. The summed E-state index contributed by atoms with van der Waals surface area (Å²) in [6.07, 6.45) is 8.35. The van der Waals surface area contributed by atoms with Gasteiger partial charge in [0.1, 0.15) is 5.69 Å². The minimum atomic E-state index is -0.0722. The molecule has 0 aliphatic heterocycles. The van der Waals surface area contributed by atoms with E-state index in [-0.39, 0.29) is 11.9 Å². The van der Waals surface area contributed by atoms with Crippen molar-refractivity contribution in [2.75, 3.05) is 0 Å². The number of fused-ring (bicyclic) bond motifs is 1. The Balaban J connectivity index is 1.49. The molecule has 2 aromatic heterocycles. The van der Waals surface area contributed by atoms with Crippen LogP contribution in [0.2, 0.25) is 0 Å². The zero-order valence-corrected chi connectivity index (χ0v) is 14.1. The lowest BCUT2D eigenvalue weighted by atomic mass is 9.50. The summed E-state index contributed by atoms with van der Waals surface area (Å²) in [4.78, 5) is 17.0. The number of carbonyl (C=O) groups excluding carboxylic acids is 1. The van der Waals surface area contributed by atoms with Gasteiger partial charge in [0.2, 0.25) is 0 Å². The summed E-state index contributed by atoms with van der Waals surface area (Å²) in [5, 5.41) is 7.60. The van der Waals surface area contributed by atoms with E-state index in [2.05, 4.69) is 22.3 Å². The van der Waals surface area contributed by atoms with Crippen LogP contribution < -0.4 is 5.32 Å². The fraction of sp³-hybridized carbons (Fsp3) is 0.611. The van der Waals surface area contributed by atoms with Crippen LogP contribution in [0.5, 0.6) is 0 Å². The van der Waals surface area contributed by atoms with E-state index >= 15 is 0 Å². The fourth-order valence-corrected chi connectivity index (χ4v) is 4.32. The van der Waals surface area contributed by atoms with E-state index in [1.165, 1.54) is 32.1 Å². The average Bonchev–Trinajstić information content (AvgIpc) is 2.79. The van der Waals surface area contributed by atoms with Crippen LogP contribution in [0.1, 0.15) is 60.8 Å². The van der Waals surface area contributed by atoms with E-state index < -0.39 is 0 Å². The molecule has 1 amide bonds. The topological polar surface area (TPSA) is 59.3 Å². The molecule has 2 fully saturated rings. The lowest BCUT2D eigenvalue weighted by Crippen LogP contribution is -2.51. The van der Waals surface area contributed by atoms with E-state index in [1.54, 1.807) is 10.7 Å². The molecule has 122 valence electrons. The van der Waals surface area contributed by atoms with E-state index in [4.69, 9.17) is 0 Å². The van der Waals surface area contributed by atoms with Crippen molar-refractivity contribution in [2.24, 2.45) is 11.3 Å². The first-order valence-corrected chi connectivity index (χ1v) is 8.60. The molecule has 2 heterocycles. The molecule has 5 nitrogen and oxygen atoms in total. The van der Waals surface area contributed by atoms with Gasteiger partial charge in [-0.2, -0.15) is 5.10 Å². The van der Waals surface area contributed by atoms with Crippen molar-refractivity contribution in [1.29, 1.82) is 0 Å². The molecule has 5 heteroatoms. The smallest absolute Gasteiger partial charge is 0.271 e. The molecule has 2 aliphatic rings. The van der Waals surface area contributed by atoms with Gasteiger partial charge in [-0.1, -0.05) is 6.42 Å². The Bertz CT molecular complexity index is 767. The Labute approximate surface area is 136 Å². The second-order valence-corrected chi connectivity index (χ2v) is 7.63. The normalized spacial score (nSPS) is 21.0. The van der Waals surface area contributed by atoms with Gasteiger partial charge >= 0.3 is 0 Å². The molecule has 1 spiro atoms. The second kappa shape index (κ2) is 5.05. The third kappa shape index (κ3) is 2.33. The number of hydrogen-bond acceptors (Lipinski definition) is 3. The van der Waals surface area contributed by atoms with Crippen molar-refractivity contribution >= 4 is 11.6 Å². The SMILES string of the molecule is Cc1cc(C)c2ncc(C(=O)NC(C)C3CC4(CCC4)C3)n2n1. The van der Waals surface area contributed by atoms with Crippen molar-refractivity contribution in [3.63, 3.8) is 0 Å². The van der Waals surface area contributed by atoms with Gasteiger partial charge in [0.15, 0.2) is 5.65 Å². The van der Waals surface area contributed by atoms with Crippen LogP contribution in [0.3, 0.4) is 0 Å². The van der Waals surface area contributed by atoms with Crippen LogP contribution in [-0.4, -0.2) is 26.5 Å². The molecule has 0 bridgehead atoms. The minimum Gasteiger partial charge on any atom is -0.348 e. The standard InChI is InChI=1S/C18H24N4O/c1-11-7-12(2)21-22-15(10-19-16(11)22)17(23)20-13(3)14-8-18(9-14)5-4-6-18/h7,10,13-14H,4-6,8-9H2,1-3H3,(H,20,23). The summed E-state index contributed by atoms with van der Waals surface area (Å²) in [6, 6.07) is 2.20. The summed E-state index contributed by atoms with van der Waals surface area (Å²) in [6.45, 7) is 6.05. The zero-order chi connectivity index (χ0) is 16.2. The molecule has 4 rings (SSSR count). The van der Waals surface area contributed by atoms with Crippen LogP contribution in [0.25, 0.3) is 5.65 Å². The van der Waals surface area contributed by atoms with Gasteiger partial charge in [-0.3, -0.25) is 4.79 Å². The predicted octanol–water partition coefficient (Wildman–Crippen LogP) is 3.04. The molecule has 1 unspecified atom stereocenters. The molecular weight excluding hydrogens is 288 g/mol. The number of nitrogens with zero attached hydrogens (tertiary/aromatic N) is 3. The number of amides is 1. The molecule has 0 aromatic carbocycles. The van der Waals surface area contributed by atoms with Crippen molar-refractivity contribution in [3.05, 3.63) is 29.2 Å². The molecule has 23 heavy (non-hydrogen) atoms. The van der Waals surface area contributed by atoms with Crippen LogP contribution in [0, 0.1) is 25.2 Å². The van der Waals surface area contributed by atoms with Crippen LogP contribution in [0.15, 0.2) is 12.3 Å². The zero-order valence-electron chi connectivity index (χ0n) is 14.1. The van der Waals surface area contributed by atoms with E-state index in [9.17, 15) is 4.79 Å². The van der Waals surface area contributed by atoms with Gasteiger partial charge in [0, 0.05) is 6.04 Å². The molecule has 0 radical (unpaired) electrons. The molecule has 2 aliphatic carbocycles. The van der Waals surface area contributed by atoms with E-state index in [1.807, 2.05) is 19.9 Å². The third-order valence-corrected chi connectivity index (χ3v) is 5.88. The van der Waals surface area contributed by atoms with Gasteiger partial charge in [-0.25, -0.2) is 9.50 Å². The molecule has 1 N–H and O–H groups in total. The summed E-state index contributed by atoms with van der Waals surface area (Å²) in [7, 11) is 0. The maximum Gasteiger partial charge on any atom is 0.271 e. The number of imidazole rings is 1. The van der Waals surface area contributed by atoms with E-state index in [0.717, 1.165) is 16.9 Å². The molecule has 2 saturated carbocycles. The van der Waals surface area contributed by atoms with E-state index in [0.29, 0.717) is 17.0 Å². The Hall–Kier alpha value is -1.91. The second-order valence-electron chi connectivity index (χ2n) is 7.63. The highest BCUT2D eigenvalue weighted by Crippen LogP contribution is 2.59. The van der Waals surface area contributed by atoms with Crippen molar-refractivity contribution in [3.8, 4) is 0 Å². The van der Waals surface area contributed by atoms with Crippen molar-refractivity contribution < 1.29 is 4.79 Å². The number of hydrogen-bond donors (Lipinski definition) is 1. The maximum atomic E-state index is 12.6. The van der Waals surface area contributed by atoms with Gasteiger partial charge in [-0.05, 0) is 69.4 Å². The first-order valence-electron chi connectivity index (χ1n) is 8.60.